The zero-order valence-corrected chi connectivity index (χ0v) is 15.5. The van der Waals surface area contributed by atoms with E-state index < -0.39 is 0 Å². The Balaban J connectivity index is 1.60. The van der Waals surface area contributed by atoms with Crippen molar-refractivity contribution < 1.29 is 18.8 Å². The molecule has 0 saturated carbocycles. The first-order valence-corrected chi connectivity index (χ1v) is 9.01. The van der Waals surface area contributed by atoms with Gasteiger partial charge in [0.05, 0.1) is 18.9 Å². The third-order valence-electron chi connectivity index (χ3n) is 5.76. The summed E-state index contributed by atoms with van der Waals surface area (Å²) in [5.41, 5.74) is 1.54. The Hall–Kier alpha value is -1.44. The van der Waals surface area contributed by atoms with Gasteiger partial charge in [-0.05, 0) is 31.6 Å². The number of aromatic nitrogens is 1. The van der Waals surface area contributed by atoms with E-state index in [0.717, 1.165) is 58.7 Å². The zero-order chi connectivity index (χ0) is 17.9. The first-order valence-electron chi connectivity index (χ1n) is 9.01. The summed E-state index contributed by atoms with van der Waals surface area (Å²) in [5, 5.41) is 3.82. The molecule has 7 nitrogen and oxygen atoms in total. The maximum absolute atomic E-state index is 12.6. The fraction of sp³-hybridized carbons (Fsp3) is 0.778. The second-order valence-electron chi connectivity index (χ2n) is 7.38. The van der Waals surface area contributed by atoms with Gasteiger partial charge in [-0.3, -0.25) is 9.69 Å². The summed E-state index contributed by atoms with van der Waals surface area (Å²) in [6, 6.07) is 0.447. The molecule has 140 valence electrons. The van der Waals surface area contributed by atoms with Crippen LogP contribution >= 0.6 is 0 Å². The Morgan fingerprint density at radius 3 is 2.72 bits per heavy atom. The predicted molar refractivity (Wildman–Crippen MR) is 92.5 cm³/mol. The molecule has 2 aliphatic heterocycles. The van der Waals surface area contributed by atoms with E-state index in [9.17, 15) is 4.79 Å². The topological polar surface area (TPSA) is 68.0 Å². The number of piperidine rings is 1. The summed E-state index contributed by atoms with van der Waals surface area (Å²) in [7, 11) is 3.51. The van der Waals surface area contributed by atoms with Gasteiger partial charge in [-0.25, -0.2) is 0 Å². The van der Waals surface area contributed by atoms with Crippen LogP contribution in [0.25, 0.3) is 0 Å². The summed E-state index contributed by atoms with van der Waals surface area (Å²) >= 11 is 0. The summed E-state index contributed by atoms with van der Waals surface area (Å²) in [4.78, 5) is 17.1. The number of likely N-dealkylation sites (tertiary alicyclic amines) is 2. The van der Waals surface area contributed by atoms with Gasteiger partial charge in [0.2, 0.25) is 0 Å². The van der Waals surface area contributed by atoms with Gasteiger partial charge in [0.1, 0.15) is 11.8 Å². The second kappa shape index (κ2) is 7.85. The van der Waals surface area contributed by atoms with Gasteiger partial charge in [-0.2, -0.15) is 0 Å². The largest absolute Gasteiger partial charge is 0.383 e. The van der Waals surface area contributed by atoms with Crippen LogP contribution in [0.3, 0.4) is 0 Å². The highest BCUT2D eigenvalue weighted by atomic mass is 16.5. The molecule has 1 aromatic rings. The van der Waals surface area contributed by atoms with E-state index in [4.69, 9.17) is 14.0 Å². The van der Waals surface area contributed by atoms with Crippen LogP contribution in [0.5, 0.6) is 0 Å². The monoisotopic (exact) mass is 351 g/mol. The lowest BCUT2D eigenvalue weighted by Gasteiger charge is -2.39. The van der Waals surface area contributed by atoms with Crippen molar-refractivity contribution in [1.82, 2.24) is 15.0 Å². The normalized spacial score (nSPS) is 23.5. The maximum Gasteiger partial charge on any atom is 0.259 e. The third kappa shape index (κ3) is 3.88. The maximum atomic E-state index is 12.6. The predicted octanol–water partition coefficient (Wildman–Crippen LogP) is 1.57. The van der Waals surface area contributed by atoms with Crippen LogP contribution in [0.4, 0.5) is 0 Å². The molecule has 0 aliphatic carbocycles. The fourth-order valence-corrected chi connectivity index (χ4v) is 4.29. The van der Waals surface area contributed by atoms with Gasteiger partial charge < -0.3 is 18.9 Å². The fourth-order valence-electron chi connectivity index (χ4n) is 4.29. The number of carbonyl (C=O) groups excluding carboxylic acids is 1. The van der Waals surface area contributed by atoms with E-state index in [-0.39, 0.29) is 11.3 Å². The number of carbonyl (C=O) groups is 1. The van der Waals surface area contributed by atoms with Crippen LogP contribution in [-0.2, 0) is 9.47 Å². The molecule has 3 rings (SSSR count). The minimum Gasteiger partial charge on any atom is -0.383 e. The molecule has 1 atom stereocenters. The summed E-state index contributed by atoms with van der Waals surface area (Å²) in [6.07, 6.45) is 4.66. The number of rotatable bonds is 6. The van der Waals surface area contributed by atoms with Crippen LogP contribution < -0.4 is 0 Å². The molecule has 25 heavy (non-hydrogen) atoms. The number of hydrogen-bond acceptors (Lipinski definition) is 6. The van der Waals surface area contributed by atoms with E-state index in [2.05, 4.69) is 10.1 Å². The highest BCUT2D eigenvalue weighted by Gasteiger charge is 2.45. The van der Waals surface area contributed by atoms with Gasteiger partial charge in [0, 0.05) is 46.4 Å². The first-order chi connectivity index (χ1) is 12.1. The molecular weight excluding hydrogens is 322 g/mol. The molecular formula is C18H29N3O4. The van der Waals surface area contributed by atoms with Crippen molar-refractivity contribution in [2.45, 2.75) is 32.2 Å². The van der Waals surface area contributed by atoms with Crippen molar-refractivity contribution in [2.24, 2.45) is 5.41 Å². The lowest BCUT2D eigenvalue weighted by molar-refractivity contribution is 0.0581. The molecule has 0 unspecified atom stereocenters. The van der Waals surface area contributed by atoms with Crippen LogP contribution in [0.1, 0.15) is 35.3 Å². The van der Waals surface area contributed by atoms with E-state index >= 15 is 0 Å². The number of aryl methyl sites for hydroxylation is 1. The molecule has 1 spiro atoms. The molecule has 1 aromatic heterocycles. The Kier molecular flexibility index (Phi) is 5.76. The number of ether oxygens (including phenoxy) is 2. The molecule has 1 amide bonds. The molecule has 2 aliphatic rings. The first kappa shape index (κ1) is 18.4. The van der Waals surface area contributed by atoms with Crippen molar-refractivity contribution in [3.63, 3.8) is 0 Å². The van der Waals surface area contributed by atoms with Crippen LogP contribution in [0, 0.1) is 12.3 Å². The van der Waals surface area contributed by atoms with Crippen molar-refractivity contribution in [3.05, 3.63) is 17.5 Å². The van der Waals surface area contributed by atoms with E-state index in [1.165, 1.54) is 6.26 Å². The van der Waals surface area contributed by atoms with Gasteiger partial charge in [-0.15, -0.1) is 0 Å². The van der Waals surface area contributed by atoms with Crippen LogP contribution in [0.15, 0.2) is 10.8 Å². The zero-order valence-electron chi connectivity index (χ0n) is 15.5. The van der Waals surface area contributed by atoms with Crippen molar-refractivity contribution >= 4 is 5.91 Å². The molecule has 3 heterocycles. The van der Waals surface area contributed by atoms with Gasteiger partial charge >= 0.3 is 0 Å². The third-order valence-corrected chi connectivity index (χ3v) is 5.76. The summed E-state index contributed by atoms with van der Waals surface area (Å²) < 4.78 is 15.6. The molecule has 0 radical (unpaired) electrons. The second-order valence-corrected chi connectivity index (χ2v) is 7.38. The Bertz CT molecular complexity index is 581. The lowest BCUT2D eigenvalue weighted by atomic mass is 9.76. The Labute approximate surface area is 149 Å². The molecule has 2 fully saturated rings. The van der Waals surface area contributed by atoms with E-state index in [1.54, 1.807) is 14.2 Å². The molecule has 7 heteroatoms. The number of methoxy groups -OCH3 is 2. The van der Waals surface area contributed by atoms with Gasteiger partial charge in [-0.1, -0.05) is 5.16 Å². The Morgan fingerprint density at radius 2 is 2.12 bits per heavy atom. The highest BCUT2D eigenvalue weighted by molar-refractivity contribution is 5.94. The minimum absolute atomic E-state index is 0.0382. The van der Waals surface area contributed by atoms with Crippen molar-refractivity contribution in [2.75, 3.05) is 53.6 Å². The van der Waals surface area contributed by atoms with Crippen LogP contribution in [0.2, 0.25) is 0 Å². The van der Waals surface area contributed by atoms with Crippen molar-refractivity contribution in [1.29, 1.82) is 0 Å². The number of hydrogen-bond donors (Lipinski definition) is 0. The number of nitrogens with zero attached hydrogens (tertiary/aromatic N) is 3. The number of amides is 1. The van der Waals surface area contributed by atoms with E-state index in [1.807, 2.05) is 11.8 Å². The average molecular weight is 351 g/mol. The molecule has 0 bridgehead atoms. The molecule has 0 aromatic carbocycles. The lowest BCUT2D eigenvalue weighted by Crippen LogP contribution is -2.44. The Morgan fingerprint density at radius 1 is 1.36 bits per heavy atom. The quantitative estimate of drug-likeness (QED) is 0.775. The smallest absolute Gasteiger partial charge is 0.259 e. The van der Waals surface area contributed by atoms with Crippen molar-refractivity contribution in [3.8, 4) is 0 Å². The molecule has 0 N–H and O–H groups in total. The summed E-state index contributed by atoms with van der Waals surface area (Å²) in [5.74, 6) is 0.0382. The molecule has 2 saturated heterocycles. The van der Waals surface area contributed by atoms with Gasteiger partial charge in [0.25, 0.3) is 5.91 Å². The standard InChI is InChI=1S/C18H29N3O4/c1-14-16(12-25-19-14)17(22)20-6-4-18(5-7-20)10-15(11-24-3)21(13-18)8-9-23-2/h12,15H,4-11,13H2,1-3H3/t15-/m1/s1. The van der Waals surface area contributed by atoms with E-state index in [0.29, 0.717) is 17.3 Å². The highest BCUT2D eigenvalue weighted by Crippen LogP contribution is 2.43. The SMILES string of the molecule is COCCN1CC2(CCN(C(=O)c3conc3C)CC2)C[C@@H]1COC. The summed E-state index contributed by atoms with van der Waals surface area (Å²) in [6.45, 7) is 6.90. The van der Waals surface area contributed by atoms with Crippen LogP contribution in [-0.4, -0.2) is 80.5 Å². The van der Waals surface area contributed by atoms with Gasteiger partial charge in [0.15, 0.2) is 0 Å². The average Bonchev–Trinajstić information content (AvgIpc) is 3.18. The minimum atomic E-state index is 0.0382.